The van der Waals surface area contributed by atoms with Gasteiger partial charge < -0.3 is 5.32 Å². The molecule has 0 fully saturated rings. The lowest BCUT2D eigenvalue weighted by Crippen LogP contribution is -2.20. The zero-order valence-corrected chi connectivity index (χ0v) is 16.5. The number of nitrogens with one attached hydrogen (secondary N) is 1. The Kier molecular flexibility index (Phi) is 5.45. The van der Waals surface area contributed by atoms with Crippen LogP contribution < -0.4 is 5.32 Å². The summed E-state index contributed by atoms with van der Waals surface area (Å²) in [4.78, 5) is 27.2. The number of hydrogen-bond donors (Lipinski definition) is 1. The average Bonchev–Trinajstić information content (AvgIpc) is 3.14. The predicted octanol–water partition coefficient (Wildman–Crippen LogP) is 4.48. The van der Waals surface area contributed by atoms with Gasteiger partial charge in [-0.15, -0.1) is 11.3 Å². The number of aryl methyl sites for hydroxylation is 1. The molecule has 1 amide bonds. The van der Waals surface area contributed by atoms with Crippen molar-refractivity contribution in [3.8, 4) is 11.3 Å². The fraction of sp³-hybridized carbons (Fsp3) is 0.188. The molecule has 0 aliphatic rings. The normalized spacial score (nSPS) is 10.8. The van der Waals surface area contributed by atoms with Crippen molar-refractivity contribution in [2.75, 3.05) is 5.32 Å². The van der Waals surface area contributed by atoms with Crippen LogP contribution in [0.15, 0.2) is 23.6 Å². The third-order valence-corrected chi connectivity index (χ3v) is 5.10. The minimum Gasteiger partial charge on any atom is -0.300 e. The van der Waals surface area contributed by atoms with Crippen LogP contribution in [0, 0.1) is 24.0 Å². The van der Waals surface area contributed by atoms with E-state index in [-0.39, 0.29) is 17.9 Å². The molecule has 0 aliphatic carbocycles. The number of anilines is 1. The monoisotopic (exact) mass is 425 g/mol. The average molecular weight is 426 g/mol. The lowest BCUT2D eigenvalue weighted by molar-refractivity contribution is -0.386. The van der Waals surface area contributed by atoms with Crippen molar-refractivity contribution in [3.63, 3.8) is 0 Å². The molecule has 3 aromatic rings. The predicted molar refractivity (Wildman–Crippen MR) is 105 cm³/mol. The highest BCUT2D eigenvalue weighted by atomic mass is 35.5. The summed E-state index contributed by atoms with van der Waals surface area (Å²) in [6.07, 6.45) is 0. The third-order valence-electron chi connectivity index (χ3n) is 3.77. The SMILES string of the molecule is Cc1nn(CC(=O)Nc2nc(-c3cc(Cl)ccc3Cl)cs2)c(C)c1[N+](=O)[O-]. The number of rotatable bonds is 5. The zero-order valence-electron chi connectivity index (χ0n) is 14.2. The number of hydrogen-bond acceptors (Lipinski definition) is 6. The van der Waals surface area contributed by atoms with Gasteiger partial charge in [0.1, 0.15) is 17.9 Å². The maximum atomic E-state index is 12.3. The topological polar surface area (TPSA) is 103 Å². The van der Waals surface area contributed by atoms with Gasteiger partial charge in [0.25, 0.3) is 0 Å². The minimum absolute atomic E-state index is 0.0880. The van der Waals surface area contributed by atoms with Gasteiger partial charge >= 0.3 is 5.69 Å². The molecular formula is C16H13Cl2N5O3S. The van der Waals surface area contributed by atoms with Crippen LogP contribution in [-0.2, 0) is 11.3 Å². The molecule has 11 heteroatoms. The molecule has 0 saturated carbocycles. The number of thiazole rings is 1. The number of benzene rings is 1. The second-order valence-electron chi connectivity index (χ2n) is 5.64. The van der Waals surface area contributed by atoms with Crippen molar-refractivity contribution in [3.05, 3.63) is 55.1 Å². The Morgan fingerprint density at radius 2 is 2.11 bits per heavy atom. The lowest BCUT2D eigenvalue weighted by Gasteiger charge is -2.04. The van der Waals surface area contributed by atoms with Crippen molar-refractivity contribution in [1.29, 1.82) is 0 Å². The van der Waals surface area contributed by atoms with Crippen molar-refractivity contribution in [2.45, 2.75) is 20.4 Å². The summed E-state index contributed by atoms with van der Waals surface area (Å²) < 4.78 is 1.30. The molecule has 2 heterocycles. The second-order valence-corrected chi connectivity index (χ2v) is 7.35. The van der Waals surface area contributed by atoms with Gasteiger partial charge in [-0.1, -0.05) is 23.2 Å². The standard InChI is InChI=1S/C16H13Cl2N5O3S/c1-8-15(23(25)26)9(2)22(21-8)6-14(24)20-16-19-13(7-27-16)11-5-10(17)3-4-12(11)18/h3-5,7H,6H2,1-2H3,(H,19,20,24). The highest BCUT2D eigenvalue weighted by Gasteiger charge is 2.23. The summed E-state index contributed by atoms with van der Waals surface area (Å²) in [5.74, 6) is -0.395. The van der Waals surface area contributed by atoms with Crippen LogP contribution in [0.25, 0.3) is 11.3 Å². The number of halogens is 2. The Morgan fingerprint density at radius 3 is 2.78 bits per heavy atom. The number of aromatic nitrogens is 3. The first kappa shape index (κ1) is 19.3. The van der Waals surface area contributed by atoms with Crippen LogP contribution in [-0.4, -0.2) is 25.6 Å². The van der Waals surface area contributed by atoms with E-state index in [1.807, 2.05) is 0 Å². The van der Waals surface area contributed by atoms with Crippen LogP contribution in [0.5, 0.6) is 0 Å². The van der Waals surface area contributed by atoms with Gasteiger partial charge in [0.05, 0.1) is 15.6 Å². The van der Waals surface area contributed by atoms with Crippen LogP contribution in [0.1, 0.15) is 11.4 Å². The van der Waals surface area contributed by atoms with E-state index in [1.165, 1.54) is 22.9 Å². The van der Waals surface area contributed by atoms with Crippen molar-refractivity contribution in [2.24, 2.45) is 0 Å². The van der Waals surface area contributed by atoms with Crippen molar-refractivity contribution < 1.29 is 9.72 Å². The van der Waals surface area contributed by atoms with Gasteiger partial charge in [0.2, 0.25) is 5.91 Å². The molecule has 1 aromatic carbocycles. The summed E-state index contributed by atoms with van der Waals surface area (Å²) in [6, 6.07) is 5.04. The van der Waals surface area contributed by atoms with Gasteiger partial charge in [0.15, 0.2) is 5.13 Å². The molecule has 3 rings (SSSR count). The first-order valence-corrected chi connectivity index (χ1v) is 9.29. The van der Waals surface area contributed by atoms with E-state index in [0.29, 0.717) is 32.1 Å². The van der Waals surface area contributed by atoms with E-state index in [0.717, 1.165) is 0 Å². The van der Waals surface area contributed by atoms with Gasteiger partial charge in [-0.2, -0.15) is 5.10 Å². The van der Waals surface area contributed by atoms with Crippen molar-refractivity contribution in [1.82, 2.24) is 14.8 Å². The second kappa shape index (κ2) is 7.63. The molecule has 2 aromatic heterocycles. The van der Waals surface area contributed by atoms with E-state index in [9.17, 15) is 14.9 Å². The van der Waals surface area contributed by atoms with Crippen LogP contribution >= 0.6 is 34.5 Å². The van der Waals surface area contributed by atoms with Crippen LogP contribution in [0.2, 0.25) is 10.0 Å². The Morgan fingerprint density at radius 1 is 1.37 bits per heavy atom. The highest BCUT2D eigenvalue weighted by molar-refractivity contribution is 7.14. The van der Waals surface area contributed by atoms with E-state index in [2.05, 4.69) is 15.4 Å². The van der Waals surface area contributed by atoms with E-state index < -0.39 is 10.8 Å². The summed E-state index contributed by atoms with van der Waals surface area (Å²) >= 11 is 13.4. The molecule has 0 unspecified atom stereocenters. The number of amides is 1. The van der Waals surface area contributed by atoms with Gasteiger partial charge in [-0.25, -0.2) is 4.98 Å². The Labute approximate surface area is 167 Å². The maximum absolute atomic E-state index is 12.3. The molecule has 1 N–H and O–H groups in total. The maximum Gasteiger partial charge on any atom is 0.312 e. The molecule has 0 radical (unpaired) electrons. The van der Waals surface area contributed by atoms with E-state index in [4.69, 9.17) is 23.2 Å². The van der Waals surface area contributed by atoms with Crippen LogP contribution in [0.3, 0.4) is 0 Å². The fourth-order valence-electron chi connectivity index (χ4n) is 2.55. The summed E-state index contributed by atoms with van der Waals surface area (Å²) in [5, 5.41) is 20.9. The summed E-state index contributed by atoms with van der Waals surface area (Å²) in [6.45, 7) is 2.92. The Hall–Kier alpha value is -2.49. The molecule has 8 nitrogen and oxygen atoms in total. The molecule has 27 heavy (non-hydrogen) atoms. The van der Waals surface area contributed by atoms with Crippen LogP contribution in [0.4, 0.5) is 10.8 Å². The number of nitrogens with zero attached hydrogens (tertiary/aromatic N) is 4. The van der Waals surface area contributed by atoms with Gasteiger partial charge in [-0.05, 0) is 32.0 Å². The molecule has 0 spiro atoms. The molecule has 140 valence electrons. The molecule has 0 aliphatic heterocycles. The Bertz CT molecular complexity index is 1050. The quantitative estimate of drug-likeness (QED) is 0.479. The largest absolute Gasteiger partial charge is 0.312 e. The van der Waals surface area contributed by atoms with Gasteiger partial charge in [0, 0.05) is 16.0 Å². The minimum atomic E-state index is -0.506. The summed E-state index contributed by atoms with van der Waals surface area (Å²) in [7, 11) is 0. The molecule has 0 bridgehead atoms. The highest BCUT2D eigenvalue weighted by Crippen LogP contribution is 2.32. The number of carbonyl (C=O) groups excluding carboxylic acids is 1. The smallest absolute Gasteiger partial charge is 0.300 e. The summed E-state index contributed by atoms with van der Waals surface area (Å²) in [5.41, 5.74) is 1.74. The van der Waals surface area contributed by atoms with Gasteiger partial charge in [-0.3, -0.25) is 19.6 Å². The van der Waals surface area contributed by atoms with E-state index >= 15 is 0 Å². The number of carbonyl (C=O) groups is 1. The number of nitro groups is 1. The lowest BCUT2D eigenvalue weighted by atomic mass is 10.2. The third kappa shape index (κ3) is 4.10. The van der Waals surface area contributed by atoms with Crippen molar-refractivity contribution >= 4 is 51.3 Å². The molecular weight excluding hydrogens is 413 g/mol. The van der Waals surface area contributed by atoms with E-state index in [1.54, 1.807) is 30.5 Å². The Balaban J connectivity index is 1.74. The zero-order chi connectivity index (χ0) is 19.7. The fourth-order valence-corrected chi connectivity index (χ4v) is 3.66. The first-order chi connectivity index (χ1) is 12.8. The first-order valence-electron chi connectivity index (χ1n) is 7.65. The molecule has 0 atom stereocenters. The molecule has 0 saturated heterocycles.